The van der Waals surface area contributed by atoms with Gasteiger partial charge in [0.2, 0.25) is 10.0 Å². The van der Waals surface area contributed by atoms with E-state index in [1.807, 2.05) is 6.07 Å². The number of sulfonamides is 1. The van der Waals surface area contributed by atoms with Crippen molar-refractivity contribution in [1.29, 1.82) is 0 Å². The first-order chi connectivity index (χ1) is 11.2. The minimum atomic E-state index is -3.48. The Hall–Kier alpha value is -1.31. The molecule has 2 atom stereocenters. The molecule has 1 aliphatic carbocycles. The average Bonchev–Trinajstić information content (AvgIpc) is 3.34. The zero-order valence-corrected chi connectivity index (χ0v) is 15.1. The van der Waals surface area contributed by atoms with Crippen molar-refractivity contribution < 1.29 is 23.0 Å². The third-order valence-electron chi connectivity index (χ3n) is 4.59. The van der Waals surface area contributed by atoms with Crippen LogP contribution in [0.15, 0.2) is 18.2 Å². The van der Waals surface area contributed by atoms with Crippen LogP contribution < -0.4 is 14.2 Å². The lowest BCUT2D eigenvalue weighted by molar-refractivity contribution is -0.0603. The molecule has 0 amide bonds. The largest absolute Gasteiger partial charge is 0.493 e. The fraction of sp³-hybridized carbons (Fsp3) is 0.647. The van der Waals surface area contributed by atoms with Crippen LogP contribution in [0.5, 0.6) is 11.5 Å². The topological polar surface area (TPSA) is 84.9 Å². The molecule has 2 aliphatic rings. The van der Waals surface area contributed by atoms with E-state index in [-0.39, 0.29) is 5.75 Å². The van der Waals surface area contributed by atoms with Gasteiger partial charge in [-0.05, 0) is 57.7 Å². The molecule has 1 aromatic carbocycles. The van der Waals surface area contributed by atoms with E-state index in [2.05, 4.69) is 4.72 Å². The van der Waals surface area contributed by atoms with Crippen LogP contribution in [0.2, 0.25) is 0 Å². The van der Waals surface area contributed by atoms with E-state index in [1.165, 1.54) is 12.8 Å². The Kier molecular flexibility index (Phi) is 4.53. The summed E-state index contributed by atoms with van der Waals surface area (Å²) in [6.07, 6.45) is 1.38. The van der Waals surface area contributed by atoms with Crippen molar-refractivity contribution in [2.75, 3.05) is 12.4 Å². The summed E-state index contributed by atoms with van der Waals surface area (Å²) in [5, 5.41) is 10.6. The van der Waals surface area contributed by atoms with Gasteiger partial charge in [0, 0.05) is 5.56 Å². The van der Waals surface area contributed by atoms with Gasteiger partial charge in [-0.15, -0.1) is 0 Å². The number of benzene rings is 1. The van der Waals surface area contributed by atoms with Crippen molar-refractivity contribution in [2.45, 2.75) is 51.4 Å². The highest BCUT2D eigenvalue weighted by molar-refractivity contribution is 7.89. The molecule has 2 unspecified atom stereocenters. The highest BCUT2D eigenvalue weighted by Gasteiger charge is 2.44. The fourth-order valence-electron chi connectivity index (χ4n) is 2.77. The highest BCUT2D eigenvalue weighted by atomic mass is 32.2. The lowest BCUT2D eigenvalue weighted by Crippen LogP contribution is -2.53. The second-order valence-electron chi connectivity index (χ2n) is 7.10. The molecule has 0 radical (unpaired) electrons. The summed E-state index contributed by atoms with van der Waals surface area (Å²) in [6.45, 7) is 5.71. The van der Waals surface area contributed by atoms with Gasteiger partial charge in [-0.1, -0.05) is 0 Å². The van der Waals surface area contributed by atoms with E-state index in [1.54, 1.807) is 32.9 Å². The first-order valence-electron chi connectivity index (χ1n) is 8.35. The zero-order chi connectivity index (χ0) is 17.5. The molecule has 0 spiro atoms. The predicted molar refractivity (Wildman–Crippen MR) is 90.7 cm³/mol. The molecule has 1 heterocycles. The maximum absolute atomic E-state index is 12.0. The molecule has 3 rings (SSSR count). The van der Waals surface area contributed by atoms with Crippen molar-refractivity contribution in [1.82, 2.24) is 4.72 Å². The molecule has 1 fully saturated rings. The van der Waals surface area contributed by atoms with Crippen molar-refractivity contribution in [3.8, 4) is 11.5 Å². The van der Waals surface area contributed by atoms with Crippen LogP contribution in [0.3, 0.4) is 0 Å². The molecule has 7 heteroatoms. The summed E-state index contributed by atoms with van der Waals surface area (Å²) in [4.78, 5) is 0. The third kappa shape index (κ3) is 3.68. The van der Waals surface area contributed by atoms with Crippen LogP contribution in [-0.2, 0) is 10.0 Å². The predicted octanol–water partition coefficient (Wildman–Crippen LogP) is 1.99. The number of aliphatic hydroxyl groups excluding tert-OH is 1. The Labute approximate surface area is 143 Å². The second-order valence-corrected chi connectivity index (χ2v) is 9.15. The number of fused-ring (bicyclic) bond motifs is 1. The number of nitrogens with one attached hydrogen (secondary N) is 1. The molecular formula is C17H25NO5S. The van der Waals surface area contributed by atoms with Crippen molar-refractivity contribution in [2.24, 2.45) is 5.92 Å². The Morgan fingerprint density at radius 3 is 2.71 bits per heavy atom. The van der Waals surface area contributed by atoms with E-state index < -0.39 is 27.8 Å². The maximum Gasteiger partial charge on any atom is 0.211 e. The Morgan fingerprint density at radius 2 is 2.08 bits per heavy atom. The smallest absolute Gasteiger partial charge is 0.211 e. The highest BCUT2D eigenvalue weighted by Crippen LogP contribution is 2.42. The van der Waals surface area contributed by atoms with Crippen LogP contribution in [-0.4, -0.2) is 37.6 Å². The maximum atomic E-state index is 12.0. The number of hydrogen-bond acceptors (Lipinski definition) is 5. The fourth-order valence-corrected chi connectivity index (χ4v) is 3.58. The Bertz CT molecular complexity index is 712. The van der Waals surface area contributed by atoms with Crippen molar-refractivity contribution in [3.63, 3.8) is 0 Å². The monoisotopic (exact) mass is 355 g/mol. The number of rotatable bonds is 6. The van der Waals surface area contributed by atoms with Gasteiger partial charge in [0.15, 0.2) is 0 Å². The summed E-state index contributed by atoms with van der Waals surface area (Å²) in [5.74, 6) is 1.80. The summed E-state index contributed by atoms with van der Waals surface area (Å²) in [7, 11) is -3.48. The standard InChI is InChI=1S/C17H25NO5S/c1-4-24(20,21)18-15-13-9-12(22-10-11-5-6-11)7-8-14(13)23-17(2,3)16(15)19/h7-9,11,15-16,18-19H,4-6,10H2,1-3H3. The van der Waals surface area contributed by atoms with E-state index >= 15 is 0 Å². The van der Waals surface area contributed by atoms with E-state index in [0.29, 0.717) is 29.6 Å². The van der Waals surface area contributed by atoms with Gasteiger partial charge < -0.3 is 14.6 Å². The molecule has 24 heavy (non-hydrogen) atoms. The van der Waals surface area contributed by atoms with Gasteiger partial charge in [-0.3, -0.25) is 0 Å². The lowest BCUT2D eigenvalue weighted by atomic mass is 9.87. The first kappa shape index (κ1) is 17.5. The average molecular weight is 355 g/mol. The van der Waals surface area contributed by atoms with Crippen LogP contribution in [0.4, 0.5) is 0 Å². The van der Waals surface area contributed by atoms with E-state index in [4.69, 9.17) is 9.47 Å². The molecule has 6 nitrogen and oxygen atoms in total. The van der Waals surface area contributed by atoms with Gasteiger partial charge in [-0.25, -0.2) is 13.1 Å². The molecule has 134 valence electrons. The summed E-state index contributed by atoms with van der Waals surface area (Å²) in [5.41, 5.74) is -0.295. The number of aliphatic hydroxyl groups is 1. The van der Waals surface area contributed by atoms with Gasteiger partial charge in [-0.2, -0.15) is 0 Å². The first-order valence-corrected chi connectivity index (χ1v) is 10.0. The summed E-state index contributed by atoms with van der Waals surface area (Å²) >= 11 is 0. The van der Waals surface area contributed by atoms with Gasteiger partial charge in [0.05, 0.1) is 18.4 Å². The third-order valence-corrected chi connectivity index (χ3v) is 5.96. The zero-order valence-electron chi connectivity index (χ0n) is 14.3. The molecule has 0 bridgehead atoms. The lowest BCUT2D eigenvalue weighted by Gasteiger charge is -2.42. The van der Waals surface area contributed by atoms with Gasteiger partial charge in [0.25, 0.3) is 0 Å². The Balaban J connectivity index is 1.92. The Morgan fingerprint density at radius 1 is 1.38 bits per heavy atom. The molecule has 1 aromatic rings. The molecule has 2 N–H and O–H groups in total. The van der Waals surface area contributed by atoms with Crippen molar-refractivity contribution >= 4 is 10.0 Å². The summed E-state index contributed by atoms with van der Waals surface area (Å²) in [6, 6.07) is 4.59. The normalized spacial score (nSPS) is 25.7. The molecule has 0 aromatic heterocycles. The van der Waals surface area contributed by atoms with Crippen LogP contribution in [0.1, 0.15) is 45.2 Å². The SMILES string of the molecule is CCS(=O)(=O)NC1c2cc(OCC3CC3)ccc2OC(C)(C)C1O. The second kappa shape index (κ2) is 6.20. The van der Waals surface area contributed by atoms with Crippen LogP contribution in [0, 0.1) is 5.92 Å². The van der Waals surface area contributed by atoms with E-state index in [0.717, 1.165) is 0 Å². The van der Waals surface area contributed by atoms with Crippen LogP contribution >= 0.6 is 0 Å². The number of hydrogen-bond donors (Lipinski definition) is 2. The van der Waals surface area contributed by atoms with Gasteiger partial charge in [0.1, 0.15) is 23.2 Å². The molecular weight excluding hydrogens is 330 g/mol. The molecule has 1 aliphatic heterocycles. The minimum absolute atomic E-state index is 0.0509. The number of ether oxygens (including phenoxy) is 2. The molecule has 1 saturated carbocycles. The minimum Gasteiger partial charge on any atom is -0.493 e. The summed E-state index contributed by atoms with van der Waals surface area (Å²) < 4.78 is 38.3. The quantitative estimate of drug-likeness (QED) is 0.815. The van der Waals surface area contributed by atoms with Crippen molar-refractivity contribution in [3.05, 3.63) is 23.8 Å². The van der Waals surface area contributed by atoms with Crippen LogP contribution in [0.25, 0.3) is 0 Å². The van der Waals surface area contributed by atoms with Gasteiger partial charge >= 0.3 is 0 Å². The van der Waals surface area contributed by atoms with E-state index in [9.17, 15) is 13.5 Å². The molecule has 0 saturated heterocycles.